The number of aliphatic hydroxyl groups excluding tert-OH is 2. The summed E-state index contributed by atoms with van der Waals surface area (Å²) in [6.45, 7) is 2.99. The third-order valence-corrected chi connectivity index (χ3v) is 5.29. The van der Waals surface area contributed by atoms with Gasteiger partial charge in [-0.3, -0.25) is 9.59 Å². The van der Waals surface area contributed by atoms with Crippen LogP contribution >= 0.6 is 0 Å². The predicted molar refractivity (Wildman–Crippen MR) is 100 cm³/mol. The van der Waals surface area contributed by atoms with Crippen LogP contribution in [0, 0.1) is 5.92 Å². The molecular weight excluding hydrogens is 348 g/mol. The second kappa shape index (κ2) is 9.14. The lowest BCUT2D eigenvalue weighted by atomic mass is 9.96. The molecule has 0 unspecified atom stereocenters. The second-order valence-electron chi connectivity index (χ2n) is 7.33. The molecule has 2 saturated heterocycles. The molecule has 3 rings (SSSR count). The van der Waals surface area contributed by atoms with Crippen LogP contribution in [0.2, 0.25) is 0 Å². The number of aliphatic hydroxyl groups is 2. The van der Waals surface area contributed by atoms with E-state index in [2.05, 4.69) is 10.3 Å². The van der Waals surface area contributed by atoms with Gasteiger partial charge in [0.25, 0.3) is 5.91 Å². The number of hydrogen-bond acceptors (Lipinski definition) is 6. The van der Waals surface area contributed by atoms with E-state index in [-0.39, 0.29) is 25.0 Å². The lowest BCUT2D eigenvalue weighted by molar-refractivity contribution is -0.128. The SMILES string of the molecule is O=C1CCCN1CC1CCN(C(=O)c2ccc(NC[C@@H](O)CO)nc2)CC1. The first-order valence-electron chi connectivity index (χ1n) is 9.62. The molecule has 27 heavy (non-hydrogen) atoms. The van der Waals surface area contributed by atoms with Gasteiger partial charge < -0.3 is 25.3 Å². The number of piperidine rings is 1. The highest BCUT2D eigenvalue weighted by molar-refractivity contribution is 5.94. The summed E-state index contributed by atoms with van der Waals surface area (Å²) in [6.07, 6.45) is 4.17. The molecule has 0 bridgehead atoms. The minimum atomic E-state index is -0.842. The topological polar surface area (TPSA) is 106 Å². The third kappa shape index (κ3) is 5.17. The first-order chi connectivity index (χ1) is 13.1. The van der Waals surface area contributed by atoms with Gasteiger partial charge in [-0.05, 0) is 37.3 Å². The lowest BCUT2D eigenvalue weighted by Crippen LogP contribution is -2.41. The van der Waals surface area contributed by atoms with Crippen molar-refractivity contribution < 1.29 is 19.8 Å². The molecule has 0 aromatic carbocycles. The number of nitrogens with zero attached hydrogens (tertiary/aromatic N) is 3. The number of nitrogens with one attached hydrogen (secondary N) is 1. The minimum absolute atomic E-state index is 0.0276. The van der Waals surface area contributed by atoms with Gasteiger partial charge in [0, 0.05) is 45.3 Å². The molecule has 0 spiro atoms. The third-order valence-electron chi connectivity index (χ3n) is 5.29. The number of pyridine rings is 1. The van der Waals surface area contributed by atoms with Crippen molar-refractivity contribution in [2.24, 2.45) is 5.92 Å². The maximum absolute atomic E-state index is 12.7. The van der Waals surface area contributed by atoms with Crippen molar-refractivity contribution in [2.75, 3.05) is 44.6 Å². The minimum Gasteiger partial charge on any atom is -0.394 e. The van der Waals surface area contributed by atoms with Gasteiger partial charge in [-0.25, -0.2) is 4.98 Å². The van der Waals surface area contributed by atoms with Gasteiger partial charge in [-0.2, -0.15) is 0 Å². The van der Waals surface area contributed by atoms with E-state index in [1.54, 1.807) is 12.1 Å². The van der Waals surface area contributed by atoms with E-state index in [0.29, 0.717) is 36.8 Å². The average molecular weight is 376 g/mol. The smallest absolute Gasteiger partial charge is 0.255 e. The Balaban J connectivity index is 1.46. The quantitative estimate of drug-likeness (QED) is 0.633. The number of carbonyl (C=O) groups is 2. The fourth-order valence-corrected chi connectivity index (χ4v) is 3.62. The van der Waals surface area contributed by atoms with Gasteiger partial charge in [-0.1, -0.05) is 0 Å². The molecule has 8 nitrogen and oxygen atoms in total. The molecule has 1 atom stereocenters. The van der Waals surface area contributed by atoms with Crippen molar-refractivity contribution in [1.29, 1.82) is 0 Å². The Morgan fingerprint density at radius 1 is 1.30 bits per heavy atom. The van der Waals surface area contributed by atoms with E-state index >= 15 is 0 Å². The first kappa shape index (κ1) is 19.6. The molecule has 148 valence electrons. The van der Waals surface area contributed by atoms with E-state index in [1.165, 1.54) is 6.20 Å². The number of aromatic nitrogens is 1. The van der Waals surface area contributed by atoms with Crippen molar-refractivity contribution in [3.63, 3.8) is 0 Å². The molecule has 1 aromatic heterocycles. The maximum Gasteiger partial charge on any atom is 0.255 e. The van der Waals surface area contributed by atoms with E-state index in [1.807, 2.05) is 9.80 Å². The van der Waals surface area contributed by atoms with E-state index in [4.69, 9.17) is 5.11 Å². The summed E-state index contributed by atoms with van der Waals surface area (Å²) in [6, 6.07) is 3.42. The van der Waals surface area contributed by atoms with Crippen LogP contribution in [0.3, 0.4) is 0 Å². The number of hydrogen-bond donors (Lipinski definition) is 3. The van der Waals surface area contributed by atoms with Gasteiger partial charge in [0.15, 0.2) is 0 Å². The molecule has 2 aliphatic rings. The Bertz CT molecular complexity index is 644. The van der Waals surface area contributed by atoms with Crippen molar-refractivity contribution in [3.8, 4) is 0 Å². The average Bonchev–Trinajstić information content (AvgIpc) is 3.11. The fourth-order valence-electron chi connectivity index (χ4n) is 3.62. The molecule has 3 N–H and O–H groups in total. The number of carbonyl (C=O) groups excluding carboxylic acids is 2. The fraction of sp³-hybridized carbons (Fsp3) is 0.632. The van der Waals surface area contributed by atoms with Crippen LogP contribution < -0.4 is 5.32 Å². The van der Waals surface area contributed by atoms with Gasteiger partial charge in [-0.15, -0.1) is 0 Å². The van der Waals surface area contributed by atoms with Crippen molar-refractivity contribution in [2.45, 2.75) is 31.8 Å². The van der Waals surface area contributed by atoms with Crippen LogP contribution in [0.25, 0.3) is 0 Å². The normalized spacial score (nSPS) is 19.4. The molecule has 1 aromatic rings. The van der Waals surface area contributed by atoms with Crippen LogP contribution in [0.5, 0.6) is 0 Å². The summed E-state index contributed by atoms with van der Waals surface area (Å²) in [5, 5.41) is 21.0. The Morgan fingerprint density at radius 3 is 2.67 bits per heavy atom. The largest absolute Gasteiger partial charge is 0.394 e. The number of anilines is 1. The summed E-state index contributed by atoms with van der Waals surface area (Å²) in [7, 11) is 0. The van der Waals surface area contributed by atoms with Crippen LogP contribution in [-0.2, 0) is 4.79 Å². The molecule has 0 aliphatic carbocycles. The first-order valence-corrected chi connectivity index (χ1v) is 9.62. The van der Waals surface area contributed by atoms with Crippen LogP contribution in [0.1, 0.15) is 36.0 Å². The van der Waals surface area contributed by atoms with E-state index in [9.17, 15) is 14.7 Å². The van der Waals surface area contributed by atoms with Gasteiger partial charge in [0.2, 0.25) is 5.91 Å². The summed E-state index contributed by atoms with van der Waals surface area (Å²) < 4.78 is 0. The molecule has 8 heteroatoms. The van der Waals surface area contributed by atoms with Crippen LogP contribution in [0.15, 0.2) is 18.3 Å². The molecule has 2 aliphatic heterocycles. The summed E-state index contributed by atoms with van der Waals surface area (Å²) in [4.78, 5) is 32.4. The van der Waals surface area contributed by atoms with Crippen molar-refractivity contribution in [1.82, 2.24) is 14.8 Å². The zero-order valence-electron chi connectivity index (χ0n) is 15.5. The summed E-state index contributed by atoms with van der Waals surface area (Å²) in [5.41, 5.74) is 0.538. The summed E-state index contributed by atoms with van der Waals surface area (Å²) >= 11 is 0. The highest BCUT2D eigenvalue weighted by Crippen LogP contribution is 2.22. The molecule has 2 fully saturated rings. The summed E-state index contributed by atoms with van der Waals surface area (Å²) in [5.74, 6) is 1.26. The Morgan fingerprint density at radius 2 is 2.07 bits per heavy atom. The van der Waals surface area contributed by atoms with Crippen molar-refractivity contribution >= 4 is 17.6 Å². The number of amides is 2. The highest BCUT2D eigenvalue weighted by atomic mass is 16.3. The predicted octanol–water partition coefficient (Wildman–Crippen LogP) is 0.321. The Hall–Kier alpha value is -2.19. The maximum atomic E-state index is 12.7. The monoisotopic (exact) mass is 376 g/mol. The number of likely N-dealkylation sites (tertiary alicyclic amines) is 2. The van der Waals surface area contributed by atoms with Gasteiger partial charge in [0.05, 0.1) is 18.3 Å². The molecule has 0 radical (unpaired) electrons. The molecule has 0 saturated carbocycles. The van der Waals surface area contributed by atoms with Gasteiger partial charge >= 0.3 is 0 Å². The Kier molecular flexibility index (Phi) is 6.63. The zero-order valence-corrected chi connectivity index (χ0v) is 15.5. The van der Waals surface area contributed by atoms with Crippen molar-refractivity contribution in [3.05, 3.63) is 23.9 Å². The molecular formula is C19H28N4O4. The number of rotatable bonds is 7. The van der Waals surface area contributed by atoms with Crippen LogP contribution in [-0.4, -0.2) is 82.2 Å². The highest BCUT2D eigenvalue weighted by Gasteiger charge is 2.28. The zero-order chi connectivity index (χ0) is 19.2. The van der Waals surface area contributed by atoms with Crippen LogP contribution in [0.4, 0.5) is 5.82 Å². The Labute approximate surface area is 159 Å². The van der Waals surface area contributed by atoms with E-state index < -0.39 is 6.10 Å². The molecule has 2 amide bonds. The standard InChI is InChI=1S/C19H28N4O4/c24-13-16(25)11-21-17-4-3-15(10-20-17)19(27)22-8-5-14(6-9-22)12-23-7-1-2-18(23)26/h3-4,10,14,16,24-25H,1-2,5-9,11-13H2,(H,20,21)/t16-/m1/s1. The van der Waals surface area contributed by atoms with Gasteiger partial charge in [0.1, 0.15) is 5.82 Å². The second-order valence-corrected chi connectivity index (χ2v) is 7.33. The van der Waals surface area contributed by atoms with E-state index in [0.717, 1.165) is 32.4 Å². The lowest BCUT2D eigenvalue weighted by Gasteiger charge is -2.34. The molecule has 3 heterocycles.